The maximum atomic E-state index is 11.4. The van der Waals surface area contributed by atoms with Gasteiger partial charge in [-0.15, -0.1) is 11.3 Å². The van der Waals surface area contributed by atoms with Crippen molar-refractivity contribution in [2.45, 2.75) is 6.04 Å². The Morgan fingerprint density at radius 3 is 2.50 bits per heavy atom. The molecule has 0 radical (unpaired) electrons. The molecule has 1 aromatic heterocycles. The number of sulfonamides is 1. The molecule has 1 aliphatic rings. The van der Waals surface area contributed by atoms with E-state index in [0.29, 0.717) is 19.6 Å². The van der Waals surface area contributed by atoms with Crippen LogP contribution >= 0.6 is 11.3 Å². The third kappa shape index (κ3) is 3.10. The Hall–Kier alpha value is -0.470. The first-order chi connectivity index (χ1) is 8.52. The maximum Gasteiger partial charge on any atom is 0.211 e. The first kappa shape index (κ1) is 14.0. The lowest BCUT2D eigenvalue weighted by molar-refractivity contribution is 0.142. The van der Waals surface area contributed by atoms with Gasteiger partial charge in [0.1, 0.15) is 0 Å². The minimum Gasteiger partial charge on any atom is -0.329 e. The first-order valence-corrected chi connectivity index (χ1v) is 8.68. The van der Waals surface area contributed by atoms with Gasteiger partial charge in [0.05, 0.1) is 12.3 Å². The molecule has 0 spiro atoms. The van der Waals surface area contributed by atoms with Gasteiger partial charge < -0.3 is 5.73 Å². The van der Waals surface area contributed by atoms with Gasteiger partial charge in [0.2, 0.25) is 10.0 Å². The van der Waals surface area contributed by atoms with Crippen LogP contribution in [0.25, 0.3) is 0 Å². The largest absolute Gasteiger partial charge is 0.329 e. The highest BCUT2D eigenvalue weighted by atomic mass is 32.2. The van der Waals surface area contributed by atoms with Crippen LogP contribution in [-0.2, 0) is 10.0 Å². The second-order valence-corrected chi connectivity index (χ2v) is 7.43. The Morgan fingerprint density at radius 2 is 2.06 bits per heavy atom. The van der Waals surface area contributed by atoms with Gasteiger partial charge in [-0.1, -0.05) is 6.07 Å². The Balaban J connectivity index is 2.01. The fourth-order valence-corrected chi connectivity index (χ4v) is 3.97. The van der Waals surface area contributed by atoms with E-state index in [-0.39, 0.29) is 6.04 Å². The standard InChI is InChI=1S/C11H19N3O2S2/c1-18(15,16)14-6-4-13(5-7-14)10(9-12)11-3-2-8-17-11/h2-3,8,10H,4-7,9,12H2,1H3. The molecule has 2 rings (SSSR count). The van der Waals surface area contributed by atoms with Crippen molar-refractivity contribution in [3.8, 4) is 0 Å². The second-order valence-electron chi connectivity index (χ2n) is 4.46. The fourth-order valence-electron chi connectivity index (χ4n) is 2.27. The molecule has 2 N–H and O–H groups in total. The van der Waals surface area contributed by atoms with E-state index in [2.05, 4.69) is 11.0 Å². The summed E-state index contributed by atoms with van der Waals surface area (Å²) in [4.78, 5) is 3.53. The highest BCUT2D eigenvalue weighted by Crippen LogP contribution is 2.25. The number of thiophene rings is 1. The minimum absolute atomic E-state index is 0.215. The summed E-state index contributed by atoms with van der Waals surface area (Å²) in [5, 5.41) is 2.05. The number of hydrogen-bond acceptors (Lipinski definition) is 5. The molecule has 1 saturated heterocycles. The topological polar surface area (TPSA) is 66.6 Å². The highest BCUT2D eigenvalue weighted by Gasteiger charge is 2.28. The molecule has 5 nitrogen and oxygen atoms in total. The van der Waals surface area contributed by atoms with Crippen molar-refractivity contribution in [2.24, 2.45) is 5.73 Å². The normalized spacial score (nSPS) is 21.0. The predicted octanol–water partition coefficient (Wildman–Crippen LogP) is 0.325. The molecule has 0 bridgehead atoms. The SMILES string of the molecule is CS(=O)(=O)N1CCN(C(CN)c2cccs2)CC1. The average molecular weight is 289 g/mol. The number of hydrogen-bond donors (Lipinski definition) is 1. The summed E-state index contributed by atoms with van der Waals surface area (Å²) >= 11 is 1.70. The highest BCUT2D eigenvalue weighted by molar-refractivity contribution is 7.88. The zero-order chi connectivity index (χ0) is 13.2. The third-order valence-electron chi connectivity index (χ3n) is 3.28. The molecule has 2 heterocycles. The maximum absolute atomic E-state index is 11.4. The first-order valence-electron chi connectivity index (χ1n) is 5.95. The van der Waals surface area contributed by atoms with Crippen LogP contribution in [0.1, 0.15) is 10.9 Å². The number of rotatable bonds is 4. The Kier molecular flexibility index (Phi) is 4.39. The molecule has 0 aliphatic carbocycles. The predicted molar refractivity (Wildman–Crippen MR) is 74.1 cm³/mol. The van der Waals surface area contributed by atoms with Crippen LogP contribution in [0.2, 0.25) is 0 Å². The van der Waals surface area contributed by atoms with Gasteiger partial charge in [0, 0.05) is 37.6 Å². The molecule has 7 heteroatoms. The van der Waals surface area contributed by atoms with Crippen molar-refractivity contribution < 1.29 is 8.42 Å². The Labute approximate surface area is 112 Å². The summed E-state index contributed by atoms with van der Waals surface area (Å²) in [6, 6.07) is 4.33. The van der Waals surface area contributed by atoms with Gasteiger partial charge in [-0.3, -0.25) is 4.90 Å². The second kappa shape index (κ2) is 5.66. The van der Waals surface area contributed by atoms with Gasteiger partial charge in [-0.05, 0) is 11.4 Å². The third-order valence-corrected chi connectivity index (χ3v) is 5.55. The molecule has 1 fully saturated rings. The van der Waals surface area contributed by atoms with Crippen molar-refractivity contribution >= 4 is 21.4 Å². The van der Waals surface area contributed by atoms with Crippen LogP contribution in [0.15, 0.2) is 17.5 Å². The number of nitrogens with two attached hydrogens (primary N) is 1. The number of piperazine rings is 1. The molecule has 102 valence electrons. The molecule has 1 unspecified atom stereocenters. The minimum atomic E-state index is -3.06. The van der Waals surface area contributed by atoms with E-state index in [1.54, 1.807) is 11.3 Å². The van der Waals surface area contributed by atoms with Crippen molar-refractivity contribution in [3.63, 3.8) is 0 Å². The van der Waals surface area contributed by atoms with Crippen molar-refractivity contribution in [1.82, 2.24) is 9.21 Å². The molecule has 0 amide bonds. The molecule has 0 saturated carbocycles. The molecule has 1 aliphatic heterocycles. The average Bonchev–Trinajstić information content (AvgIpc) is 2.83. The zero-order valence-corrected chi connectivity index (χ0v) is 12.1. The van der Waals surface area contributed by atoms with Crippen molar-refractivity contribution in [2.75, 3.05) is 39.0 Å². The van der Waals surface area contributed by atoms with E-state index in [4.69, 9.17) is 5.73 Å². The zero-order valence-electron chi connectivity index (χ0n) is 10.4. The number of nitrogens with zero attached hydrogens (tertiary/aromatic N) is 2. The van der Waals surface area contributed by atoms with Gasteiger partial charge >= 0.3 is 0 Å². The van der Waals surface area contributed by atoms with E-state index < -0.39 is 10.0 Å². The quantitative estimate of drug-likeness (QED) is 0.867. The van der Waals surface area contributed by atoms with Crippen LogP contribution in [0, 0.1) is 0 Å². The van der Waals surface area contributed by atoms with Crippen molar-refractivity contribution in [3.05, 3.63) is 22.4 Å². The van der Waals surface area contributed by atoms with E-state index >= 15 is 0 Å². The summed E-state index contributed by atoms with van der Waals surface area (Å²) in [6.45, 7) is 3.17. The fraction of sp³-hybridized carbons (Fsp3) is 0.636. The summed E-state index contributed by atoms with van der Waals surface area (Å²) in [6.07, 6.45) is 1.27. The Bertz CT molecular complexity index is 464. The molecular formula is C11H19N3O2S2. The van der Waals surface area contributed by atoms with E-state index in [1.165, 1.54) is 15.4 Å². The molecular weight excluding hydrogens is 270 g/mol. The van der Waals surface area contributed by atoms with Gasteiger partial charge in [0.25, 0.3) is 0 Å². The van der Waals surface area contributed by atoms with Gasteiger partial charge in [0.15, 0.2) is 0 Å². The molecule has 1 aromatic rings. The van der Waals surface area contributed by atoms with E-state index in [9.17, 15) is 8.42 Å². The lowest BCUT2D eigenvalue weighted by atomic mass is 10.2. The Morgan fingerprint density at radius 1 is 1.39 bits per heavy atom. The van der Waals surface area contributed by atoms with E-state index in [1.807, 2.05) is 11.4 Å². The lowest BCUT2D eigenvalue weighted by Crippen LogP contribution is -2.50. The van der Waals surface area contributed by atoms with Crippen LogP contribution in [0.3, 0.4) is 0 Å². The molecule has 0 aromatic carbocycles. The lowest BCUT2D eigenvalue weighted by Gasteiger charge is -2.37. The summed E-state index contributed by atoms with van der Waals surface area (Å²) < 4.78 is 24.4. The summed E-state index contributed by atoms with van der Waals surface area (Å²) in [5.74, 6) is 0. The van der Waals surface area contributed by atoms with E-state index in [0.717, 1.165) is 13.1 Å². The van der Waals surface area contributed by atoms with Crippen LogP contribution in [-0.4, -0.2) is 56.6 Å². The monoisotopic (exact) mass is 289 g/mol. The molecule has 1 atom stereocenters. The van der Waals surface area contributed by atoms with Crippen LogP contribution in [0.4, 0.5) is 0 Å². The van der Waals surface area contributed by atoms with Crippen LogP contribution in [0.5, 0.6) is 0 Å². The van der Waals surface area contributed by atoms with Gasteiger partial charge in [-0.25, -0.2) is 8.42 Å². The summed E-state index contributed by atoms with van der Waals surface area (Å²) in [7, 11) is -3.06. The van der Waals surface area contributed by atoms with Crippen molar-refractivity contribution in [1.29, 1.82) is 0 Å². The summed E-state index contributed by atoms with van der Waals surface area (Å²) in [5.41, 5.74) is 5.85. The van der Waals surface area contributed by atoms with Gasteiger partial charge in [-0.2, -0.15) is 4.31 Å². The van der Waals surface area contributed by atoms with Crippen LogP contribution < -0.4 is 5.73 Å². The smallest absolute Gasteiger partial charge is 0.211 e. The molecule has 18 heavy (non-hydrogen) atoms.